The number of hydrogen-bond acceptors (Lipinski definition) is 5. The van der Waals surface area contributed by atoms with E-state index >= 15 is 0 Å². The summed E-state index contributed by atoms with van der Waals surface area (Å²) >= 11 is 6.54. The molecule has 0 saturated heterocycles. The van der Waals surface area contributed by atoms with Crippen molar-refractivity contribution in [3.8, 4) is 0 Å². The second-order valence-electron chi connectivity index (χ2n) is 3.83. The minimum absolute atomic E-state index is 0.127. The summed E-state index contributed by atoms with van der Waals surface area (Å²) in [6.45, 7) is 4.21. The standard InChI is InChI=1S/C10H12BrN3S2/c1-5(2)9-10(16-14-13-9)8(12)6-3-15-4-7(6)11/h3-5,8H,12H2,1-2H3. The van der Waals surface area contributed by atoms with Crippen molar-refractivity contribution >= 4 is 38.8 Å². The molecule has 0 bridgehead atoms. The van der Waals surface area contributed by atoms with E-state index in [0.29, 0.717) is 5.92 Å². The Morgan fingerprint density at radius 3 is 2.69 bits per heavy atom. The van der Waals surface area contributed by atoms with Crippen LogP contribution in [0.25, 0.3) is 0 Å². The van der Waals surface area contributed by atoms with E-state index in [1.165, 1.54) is 11.5 Å². The van der Waals surface area contributed by atoms with Crippen molar-refractivity contribution in [1.29, 1.82) is 0 Å². The van der Waals surface area contributed by atoms with Gasteiger partial charge in [-0.2, -0.15) is 11.3 Å². The average molecular weight is 318 g/mol. The van der Waals surface area contributed by atoms with Gasteiger partial charge in [-0.3, -0.25) is 0 Å². The van der Waals surface area contributed by atoms with Crippen LogP contribution in [0.2, 0.25) is 0 Å². The van der Waals surface area contributed by atoms with Crippen LogP contribution in [0.5, 0.6) is 0 Å². The van der Waals surface area contributed by atoms with Crippen LogP contribution in [0.1, 0.15) is 41.9 Å². The van der Waals surface area contributed by atoms with Gasteiger partial charge in [-0.05, 0) is 44.3 Å². The van der Waals surface area contributed by atoms with E-state index in [2.05, 4.69) is 44.7 Å². The second kappa shape index (κ2) is 4.91. The lowest BCUT2D eigenvalue weighted by Gasteiger charge is -2.11. The molecule has 0 saturated carbocycles. The fourth-order valence-electron chi connectivity index (χ4n) is 1.48. The van der Waals surface area contributed by atoms with Crippen molar-refractivity contribution in [2.24, 2.45) is 5.73 Å². The first-order valence-corrected chi connectivity index (χ1v) is 7.41. The predicted octanol–water partition coefficient (Wildman–Crippen LogP) is 3.53. The van der Waals surface area contributed by atoms with Crippen LogP contribution in [0.3, 0.4) is 0 Å². The van der Waals surface area contributed by atoms with Gasteiger partial charge in [0.15, 0.2) is 0 Å². The molecule has 0 aliphatic rings. The highest BCUT2D eigenvalue weighted by atomic mass is 79.9. The summed E-state index contributed by atoms with van der Waals surface area (Å²) in [5, 5.41) is 8.26. The molecule has 0 spiro atoms. The molecule has 3 nitrogen and oxygen atoms in total. The maximum atomic E-state index is 6.25. The molecule has 0 aliphatic carbocycles. The molecular weight excluding hydrogens is 306 g/mol. The Balaban J connectivity index is 2.38. The number of nitrogens with two attached hydrogens (primary N) is 1. The molecule has 0 aromatic carbocycles. The maximum absolute atomic E-state index is 6.25. The first-order chi connectivity index (χ1) is 7.61. The molecule has 16 heavy (non-hydrogen) atoms. The molecule has 0 fully saturated rings. The Morgan fingerprint density at radius 2 is 2.12 bits per heavy atom. The molecule has 1 atom stereocenters. The van der Waals surface area contributed by atoms with Gasteiger partial charge in [0.05, 0.1) is 16.6 Å². The number of rotatable bonds is 3. The Kier molecular flexibility index (Phi) is 3.73. The Morgan fingerprint density at radius 1 is 1.38 bits per heavy atom. The molecule has 2 heterocycles. The summed E-state index contributed by atoms with van der Waals surface area (Å²) in [6.07, 6.45) is 0. The third-order valence-electron chi connectivity index (χ3n) is 2.35. The normalized spacial score (nSPS) is 13.3. The second-order valence-corrected chi connectivity index (χ2v) is 6.21. The van der Waals surface area contributed by atoms with Gasteiger partial charge in [0, 0.05) is 9.85 Å². The molecule has 2 aromatic rings. The Labute approximate surface area is 111 Å². The number of aromatic nitrogens is 2. The summed E-state index contributed by atoms with van der Waals surface area (Å²) in [5.74, 6) is 0.359. The summed E-state index contributed by atoms with van der Waals surface area (Å²) in [6, 6.07) is -0.127. The molecule has 0 amide bonds. The van der Waals surface area contributed by atoms with Crippen LogP contribution in [0, 0.1) is 0 Å². The summed E-state index contributed by atoms with van der Waals surface area (Å²) in [7, 11) is 0. The fraction of sp³-hybridized carbons (Fsp3) is 0.400. The highest BCUT2D eigenvalue weighted by molar-refractivity contribution is 9.10. The lowest BCUT2D eigenvalue weighted by Crippen LogP contribution is -2.12. The highest BCUT2D eigenvalue weighted by Crippen LogP contribution is 2.34. The van der Waals surface area contributed by atoms with Crippen molar-refractivity contribution in [2.45, 2.75) is 25.8 Å². The van der Waals surface area contributed by atoms with Crippen molar-refractivity contribution in [1.82, 2.24) is 9.59 Å². The molecule has 6 heteroatoms. The van der Waals surface area contributed by atoms with Gasteiger partial charge in [0.1, 0.15) is 0 Å². The Hall–Kier alpha value is -0.300. The topological polar surface area (TPSA) is 51.8 Å². The lowest BCUT2D eigenvalue weighted by molar-refractivity contribution is 0.771. The zero-order valence-corrected chi connectivity index (χ0v) is 12.2. The molecule has 0 aliphatic heterocycles. The van der Waals surface area contributed by atoms with Crippen molar-refractivity contribution in [2.75, 3.05) is 0 Å². The molecule has 0 radical (unpaired) electrons. The summed E-state index contributed by atoms with van der Waals surface area (Å²) in [5.41, 5.74) is 8.37. The SMILES string of the molecule is CC(C)c1nnsc1C(N)c1cscc1Br. The van der Waals surface area contributed by atoms with Gasteiger partial charge in [0.2, 0.25) is 0 Å². The van der Waals surface area contributed by atoms with Gasteiger partial charge in [-0.25, -0.2) is 0 Å². The zero-order chi connectivity index (χ0) is 11.7. The van der Waals surface area contributed by atoms with Crippen molar-refractivity contribution < 1.29 is 0 Å². The lowest BCUT2D eigenvalue weighted by atomic mass is 10.0. The molecule has 1 unspecified atom stereocenters. The van der Waals surface area contributed by atoms with E-state index in [1.54, 1.807) is 11.3 Å². The van der Waals surface area contributed by atoms with E-state index in [1.807, 2.05) is 5.38 Å². The monoisotopic (exact) mass is 317 g/mol. The first-order valence-electron chi connectivity index (χ1n) is 4.90. The zero-order valence-electron chi connectivity index (χ0n) is 8.98. The summed E-state index contributed by atoms with van der Waals surface area (Å²) < 4.78 is 5.07. The summed E-state index contributed by atoms with van der Waals surface area (Å²) in [4.78, 5) is 1.06. The van der Waals surface area contributed by atoms with Crippen LogP contribution in [-0.2, 0) is 0 Å². The van der Waals surface area contributed by atoms with Crippen LogP contribution in [0.4, 0.5) is 0 Å². The van der Waals surface area contributed by atoms with E-state index in [4.69, 9.17) is 5.73 Å². The van der Waals surface area contributed by atoms with Gasteiger partial charge in [-0.15, -0.1) is 5.10 Å². The van der Waals surface area contributed by atoms with Gasteiger partial charge in [-0.1, -0.05) is 18.3 Å². The largest absolute Gasteiger partial charge is 0.319 e. The van der Waals surface area contributed by atoms with Crippen molar-refractivity contribution in [3.63, 3.8) is 0 Å². The third-order valence-corrected chi connectivity index (χ3v) is 4.92. The van der Waals surface area contributed by atoms with Crippen LogP contribution < -0.4 is 5.73 Å². The van der Waals surface area contributed by atoms with E-state index < -0.39 is 0 Å². The molecule has 2 N–H and O–H groups in total. The predicted molar refractivity (Wildman–Crippen MR) is 72.0 cm³/mol. The van der Waals surface area contributed by atoms with Crippen LogP contribution >= 0.6 is 38.8 Å². The quantitative estimate of drug-likeness (QED) is 0.942. The third kappa shape index (κ3) is 2.20. The maximum Gasteiger partial charge on any atom is 0.0832 e. The highest BCUT2D eigenvalue weighted by Gasteiger charge is 2.21. The average Bonchev–Trinajstić information content (AvgIpc) is 2.84. The molecule has 86 valence electrons. The van der Waals surface area contributed by atoms with Crippen LogP contribution in [0.15, 0.2) is 15.2 Å². The first kappa shape index (κ1) is 12.2. The minimum Gasteiger partial charge on any atom is -0.319 e. The van der Waals surface area contributed by atoms with E-state index in [-0.39, 0.29) is 6.04 Å². The number of hydrogen-bond donors (Lipinski definition) is 1. The molecule has 2 rings (SSSR count). The minimum atomic E-state index is -0.127. The van der Waals surface area contributed by atoms with Crippen LogP contribution in [-0.4, -0.2) is 9.59 Å². The molecule has 2 aromatic heterocycles. The number of thiophene rings is 1. The van der Waals surface area contributed by atoms with Crippen molar-refractivity contribution in [3.05, 3.63) is 31.4 Å². The van der Waals surface area contributed by atoms with E-state index in [9.17, 15) is 0 Å². The smallest absolute Gasteiger partial charge is 0.0832 e. The van der Waals surface area contributed by atoms with Gasteiger partial charge < -0.3 is 5.73 Å². The number of halogens is 1. The van der Waals surface area contributed by atoms with E-state index in [0.717, 1.165) is 20.6 Å². The fourth-order valence-corrected chi connectivity index (χ4v) is 3.88. The Bertz CT molecular complexity index is 478. The number of nitrogens with zero attached hydrogens (tertiary/aromatic N) is 2. The van der Waals surface area contributed by atoms with Gasteiger partial charge >= 0.3 is 0 Å². The van der Waals surface area contributed by atoms with Gasteiger partial charge in [0.25, 0.3) is 0 Å². The molecular formula is C10H12BrN3S2.